The van der Waals surface area contributed by atoms with E-state index in [4.69, 9.17) is 0 Å². The van der Waals surface area contributed by atoms with Gasteiger partial charge in [-0.2, -0.15) is 10.4 Å². The second-order valence-corrected chi connectivity index (χ2v) is 7.15. The number of halogens is 1. The van der Waals surface area contributed by atoms with Gasteiger partial charge in [-0.25, -0.2) is 14.4 Å². The Morgan fingerprint density at radius 3 is 2.81 bits per heavy atom. The van der Waals surface area contributed by atoms with Gasteiger partial charge in [-0.3, -0.25) is 9.48 Å². The van der Waals surface area contributed by atoms with Crippen LogP contribution in [0, 0.1) is 17.1 Å². The van der Waals surface area contributed by atoms with E-state index in [9.17, 15) is 14.4 Å². The fraction of sp³-hybridized carbons (Fsp3) is 0.235. The van der Waals surface area contributed by atoms with Crippen molar-refractivity contribution in [3.8, 4) is 6.07 Å². The van der Waals surface area contributed by atoms with Gasteiger partial charge in [-0.1, -0.05) is 0 Å². The van der Waals surface area contributed by atoms with Gasteiger partial charge in [0, 0.05) is 24.7 Å². The Morgan fingerprint density at radius 1 is 1.37 bits per heavy atom. The minimum atomic E-state index is -0.486. The molecule has 0 saturated heterocycles. The topological polar surface area (TPSA) is 99.7 Å². The van der Waals surface area contributed by atoms with Crippen LogP contribution in [0.4, 0.5) is 15.3 Å². The number of anilines is 2. The first-order chi connectivity index (χ1) is 13.0. The first-order valence-electron chi connectivity index (χ1n) is 8.12. The van der Waals surface area contributed by atoms with E-state index in [1.54, 1.807) is 17.9 Å². The van der Waals surface area contributed by atoms with Gasteiger partial charge in [0.1, 0.15) is 11.1 Å². The molecule has 0 aliphatic carbocycles. The van der Waals surface area contributed by atoms with Gasteiger partial charge in [0.2, 0.25) is 5.95 Å². The van der Waals surface area contributed by atoms with Crippen molar-refractivity contribution in [2.75, 3.05) is 16.8 Å². The number of fused-ring (bicyclic) bond motifs is 1. The van der Waals surface area contributed by atoms with Gasteiger partial charge < -0.3 is 10.2 Å². The quantitative estimate of drug-likeness (QED) is 0.743. The average Bonchev–Trinajstić information content (AvgIpc) is 3.24. The van der Waals surface area contributed by atoms with Crippen LogP contribution >= 0.6 is 11.3 Å². The molecule has 0 atom stereocenters. The molecule has 136 valence electrons. The van der Waals surface area contributed by atoms with E-state index >= 15 is 0 Å². The number of carbonyl (C=O) groups is 1. The standard InChI is InChI=1S/C17H14FN7OS/c1-24-8-10(5-22-24)15(26)23-16-13(4-19)12-2-3-25(9-14(12)27-16)17-20-6-11(18)7-21-17/h5-8H,2-3,9H2,1H3,(H,23,26). The molecular weight excluding hydrogens is 369 g/mol. The minimum Gasteiger partial charge on any atom is -0.335 e. The Morgan fingerprint density at radius 2 is 2.15 bits per heavy atom. The van der Waals surface area contributed by atoms with Crippen LogP contribution in [0.25, 0.3) is 0 Å². The third-order valence-electron chi connectivity index (χ3n) is 4.25. The van der Waals surface area contributed by atoms with Crippen LogP contribution in [-0.2, 0) is 20.0 Å². The molecule has 27 heavy (non-hydrogen) atoms. The normalized spacial score (nSPS) is 13.1. The molecule has 1 N–H and O–H groups in total. The van der Waals surface area contributed by atoms with Crippen molar-refractivity contribution in [3.05, 3.63) is 52.2 Å². The molecule has 3 aromatic rings. The van der Waals surface area contributed by atoms with Gasteiger partial charge in [0.15, 0.2) is 5.82 Å². The van der Waals surface area contributed by atoms with Crippen LogP contribution < -0.4 is 10.2 Å². The smallest absolute Gasteiger partial charge is 0.259 e. The molecule has 3 aromatic heterocycles. The Balaban J connectivity index is 1.59. The number of aryl methyl sites for hydroxylation is 1. The van der Waals surface area contributed by atoms with Crippen LogP contribution in [0.1, 0.15) is 26.4 Å². The molecule has 0 spiro atoms. The SMILES string of the molecule is Cn1cc(C(=O)Nc2sc3c(c2C#N)CCN(c2ncc(F)cn2)C3)cn1. The van der Waals surface area contributed by atoms with Crippen LogP contribution in [-0.4, -0.2) is 32.2 Å². The summed E-state index contributed by atoms with van der Waals surface area (Å²) in [5.41, 5.74) is 1.85. The van der Waals surface area contributed by atoms with Crippen molar-refractivity contribution in [1.82, 2.24) is 19.7 Å². The fourth-order valence-electron chi connectivity index (χ4n) is 2.96. The zero-order valence-electron chi connectivity index (χ0n) is 14.3. The predicted molar refractivity (Wildman–Crippen MR) is 96.9 cm³/mol. The first-order valence-corrected chi connectivity index (χ1v) is 8.94. The first kappa shape index (κ1) is 17.1. The monoisotopic (exact) mass is 383 g/mol. The minimum absolute atomic E-state index is 0.308. The molecular formula is C17H14FN7OS. The maximum Gasteiger partial charge on any atom is 0.259 e. The van der Waals surface area contributed by atoms with Crippen molar-refractivity contribution in [3.63, 3.8) is 0 Å². The molecule has 1 amide bonds. The predicted octanol–water partition coefficient (Wildman–Crippen LogP) is 2.10. The Labute approximate surface area is 157 Å². The average molecular weight is 383 g/mol. The molecule has 0 fully saturated rings. The number of aromatic nitrogens is 4. The van der Waals surface area contributed by atoms with Crippen molar-refractivity contribution in [2.24, 2.45) is 7.05 Å². The Hall–Kier alpha value is -3.32. The van der Waals surface area contributed by atoms with Gasteiger partial charge in [-0.15, -0.1) is 11.3 Å². The summed E-state index contributed by atoms with van der Waals surface area (Å²) in [5.74, 6) is -0.355. The van der Waals surface area contributed by atoms with E-state index in [-0.39, 0.29) is 5.91 Å². The lowest BCUT2D eigenvalue weighted by molar-refractivity contribution is 0.102. The van der Waals surface area contributed by atoms with Gasteiger partial charge in [0.05, 0.1) is 36.3 Å². The highest BCUT2D eigenvalue weighted by atomic mass is 32.1. The van der Waals surface area contributed by atoms with Crippen molar-refractivity contribution >= 4 is 28.2 Å². The number of amides is 1. The number of thiophene rings is 1. The van der Waals surface area contributed by atoms with E-state index in [0.717, 1.165) is 22.8 Å². The molecule has 0 aromatic carbocycles. The number of nitriles is 1. The lowest BCUT2D eigenvalue weighted by Gasteiger charge is -2.26. The van der Waals surface area contributed by atoms with Crippen LogP contribution in [0.5, 0.6) is 0 Å². The summed E-state index contributed by atoms with van der Waals surface area (Å²) in [6.45, 7) is 1.11. The number of carbonyl (C=O) groups excluding carboxylic acids is 1. The highest BCUT2D eigenvalue weighted by Crippen LogP contribution is 2.37. The molecule has 4 rings (SSSR count). The zero-order chi connectivity index (χ0) is 19.0. The zero-order valence-corrected chi connectivity index (χ0v) is 15.1. The summed E-state index contributed by atoms with van der Waals surface area (Å²) in [7, 11) is 1.73. The summed E-state index contributed by atoms with van der Waals surface area (Å²) >= 11 is 1.36. The lowest BCUT2D eigenvalue weighted by atomic mass is 10.0. The second-order valence-electron chi connectivity index (χ2n) is 6.05. The van der Waals surface area contributed by atoms with E-state index < -0.39 is 5.82 Å². The Bertz CT molecular complexity index is 1050. The molecule has 0 radical (unpaired) electrons. The number of rotatable bonds is 3. The number of nitrogens with one attached hydrogen (secondary N) is 1. The fourth-order valence-corrected chi connectivity index (χ4v) is 4.17. The molecule has 8 nitrogen and oxygen atoms in total. The lowest BCUT2D eigenvalue weighted by Crippen LogP contribution is -2.31. The summed E-state index contributed by atoms with van der Waals surface area (Å²) in [6.07, 6.45) is 5.97. The van der Waals surface area contributed by atoms with Crippen LogP contribution in [0.2, 0.25) is 0 Å². The summed E-state index contributed by atoms with van der Waals surface area (Å²) in [5, 5.41) is 16.9. The van der Waals surface area contributed by atoms with Crippen molar-refractivity contribution < 1.29 is 9.18 Å². The van der Waals surface area contributed by atoms with Crippen LogP contribution in [0.3, 0.4) is 0 Å². The van der Waals surface area contributed by atoms with E-state index in [1.165, 1.54) is 17.5 Å². The van der Waals surface area contributed by atoms with E-state index in [2.05, 4.69) is 26.5 Å². The second kappa shape index (κ2) is 6.77. The molecule has 0 bridgehead atoms. The van der Waals surface area contributed by atoms with Gasteiger partial charge in [-0.05, 0) is 12.0 Å². The largest absolute Gasteiger partial charge is 0.335 e. The van der Waals surface area contributed by atoms with Crippen molar-refractivity contribution in [2.45, 2.75) is 13.0 Å². The van der Waals surface area contributed by atoms with E-state index in [0.29, 0.717) is 41.6 Å². The molecule has 1 aliphatic rings. The summed E-state index contributed by atoms with van der Waals surface area (Å²) in [6, 6.07) is 2.20. The van der Waals surface area contributed by atoms with Gasteiger partial charge >= 0.3 is 0 Å². The maximum absolute atomic E-state index is 13.0. The molecule has 0 saturated carbocycles. The molecule has 0 unspecified atom stereocenters. The Kier molecular flexibility index (Phi) is 4.29. The van der Waals surface area contributed by atoms with E-state index in [1.807, 2.05) is 4.90 Å². The highest BCUT2D eigenvalue weighted by molar-refractivity contribution is 7.16. The number of hydrogen-bond acceptors (Lipinski definition) is 7. The summed E-state index contributed by atoms with van der Waals surface area (Å²) < 4.78 is 14.6. The maximum atomic E-state index is 13.0. The van der Waals surface area contributed by atoms with Crippen LogP contribution in [0.15, 0.2) is 24.8 Å². The van der Waals surface area contributed by atoms with Crippen molar-refractivity contribution in [1.29, 1.82) is 5.26 Å². The third kappa shape index (κ3) is 3.24. The molecule has 1 aliphatic heterocycles. The number of nitrogens with zero attached hydrogens (tertiary/aromatic N) is 6. The third-order valence-corrected chi connectivity index (χ3v) is 5.38. The number of hydrogen-bond donors (Lipinski definition) is 1. The molecule has 4 heterocycles. The summed E-state index contributed by atoms with van der Waals surface area (Å²) in [4.78, 5) is 23.3. The highest BCUT2D eigenvalue weighted by Gasteiger charge is 2.26. The van der Waals surface area contributed by atoms with Gasteiger partial charge in [0.25, 0.3) is 5.91 Å². The molecule has 10 heteroatoms.